The van der Waals surface area contributed by atoms with Gasteiger partial charge in [0, 0.05) is 30.9 Å². The maximum atomic E-state index is 6.07. The number of nitrogens with zero attached hydrogens (tertiary/aromatic N) is 3. The third-order valence-corrected chi connectivity index (χ3v) is 3.93. The minimum Gasteiger partial charge on any atom is -0.368 e. The molecule has 2 aliphatic rings. The van der Waals surface area contributed by atoms with Crippen LogP contribution in [0.3, 0.4) is 0 Å². The van der Waals surface area contributed by atoms with Gasteiger partial charge in [-0.05, 0) is 33.6 Å². The molecule has 0 spiro atoms. The van der Waals surface area contributed by atoms with Gasteiger partial charge >= 0.3 is 0 Å². The van der Waals surface area contributed by atoms with Crippen LogP contribution in [0.1, 0.15) is 51.3 Å². The van der Waals surface area contributed by atoms with Crippen LogP contribution >= 0.6 is 0 Å². The van der Waals surface area contributed by atoms with Crippen LogP contribution in [0.5, 0.6) is 0 Å². The van der Waals surface area contributed by atoms with Gasteiger partial charge in [-0.25, -0.2) is 0 Å². The molecule has 4 heteroatoms. The maximum Gasteiger partial charge on any atom is 0.0986 e. The van der Waals surface area contributed by atoms with Gasteiger partial charge in [0.15, 0.2) is 0 Å². The molecule has 1 saturated carbocycles. The van der Waals surface area contributed by atoms with Crippen molar-refractivity contribution in [3.05, 3.63) is 18.0 Å². The zero-order valence-corrected chi connectivity index (χ0v) is 11.5. The average Bonchev–Trinajstić information content (AvgIpc) is 3.06. The molecule has 0 N–H and O–H groups in total. The van der Waals surface area contributed by atoms with Gasteiger partial charge < -0.3 is 4.74 Å². The summed E-state index contributed by atoms with van der Waals surface area (Å²) < 4.78 is 8.18. The fourth-order valence-electron chi connectivity index (χ4n) is 2.65. The molecule has 2 heterocycles. The van der Waals surface area contributed by atoms with Crippen molar-refractivity contribution in [3.63, 3.8) is 0 Å². The van der Waals surface area contributed by atoms with Crippen LogP contribution in [0.2, 0.25) is 0 Å². The summed E-state index contributed by atoms with van der Waals surface area (Å²) >= 11 is 0. The summed E-state index contributed by atoms with van der Waals surface area (Å²) in [5, 5.41) is 4.47. The Kier molecular flexibility index (Phi) is 3.16. The quantitative estimate of drug-likeness (QED) is 0.824. The van der Waals surface area contributed by atoms with E-state index in [1.54, 1.807) is 0 Å². The first-order valence-electron chi connectivity index (χ1n) is 7.07. The zero-order chi connectivity index (χ0) is 12.7. The molecule has 0 bridgehead atoms. The minimum atomic E-state index is 0.184. The first-order valence-corrected chi connectivity index (χ1v) is 7.07. The third kappa shape index (κ3) is 2.45. The molecule has 4 nitrogen and oxygen atoms in total. The van der Waals surface area contributed by atoms with Gasteiger partial charge in [0.1, 0.15) is 0 Å². The van der Waals surface area contributed by atoms with E-state index in [0.29, 0.717) is 18.2 Å². The van der Waals surface area contributed by atoms with Crippen LogP contribution in [0.4, 0.5) is 0 Å². The Morgan fingerprint density at radius 3 is 2.78 bits per heavy atom. The van der Waals surface area contributed by atoms with E-state index in [-0.39, 0.29) is 6.10 Å². The molecule has 100 valence electrons. The molecule has 1 aliphatic heterocycles. The molecule has 0 amide bonds. The van der Waals surface area contributed by atoms with Gasteiger partial charge in [-0.3, -0.25) is 9.58 Å². The fourth-order valence-corrected chi connectivity index (χ4v) is 2.65. The second-order valence-electron chi connectivity index (χ2n) is 5.97. The lowest BCUT2D eigenvalue weighted by molar-refractivity contribution is -0.0871. The predicted molar refractivity (Wildman–Crippen MR) is 70.5 cm³/mol. The summed E-state index contributed by atoms with van der Waals surface area (Å²) in [6, 6.07) is 1.23. The Hall–Kier alpha value is -0.870. The number of aromatic nitrogens is 2. The van der Waals surface area contributed by atoms with Crippen molar-refractivity contribution in [3.8, 4) is 0 Å². The second kappa shape index (κ2) is 4.67. The van der Waals surface area contributed by atoms with Crippen LogP contribution < -0.4 is 0 Å². The topological polar surface area (TPSA) is 30.3 Å². The molecular formula is C14H23N3O. The van der Waals surface area contributed by atoms with E-state index in [1.807, 2.05) is 6.20 Å². The lowest BCUT2D eigenvalue weighted by Crippen LogP contribution is -2.45. The highest BCUT2D eigenvalue weighted by Crippen LogP contribution is 2.35. The van der Waals surface area contributed by atoms with Crippen LogP contribution in [-0.4, -0.2) is 39.9 Å². The number of hydrogen-bond acceptors (Lipinski definition) is 3. The van der Waals surface area contributed by atoms with E-state index >= 15 is 0 Å². The predicted octanol–water partition coefficient (Wildman–Crippen LogP) is 2.39. The molecular weight excluding hydrogens is 226 g/mol. The Balaban J connectivity index is 1.73. The molecule has 1 aliphatic carbocycles. The van der Waals surface area contributed by atoms with E-state index < -0.39 is 0 Å². The maximum absolute atomic E-state index is 6.07. The summed E-state index contributed by atoms with van der Waals surface area (Å²) in [5.74, 6) is 0. The Bertz CT molecular complexity index is 411. The van der Waals surface area contributed by atoms with E-state index in [4.69, 9.17) is 4.74 Å². The van der Waals surface area contributed by atoms with Gasteiger partial charge in [0.2, 0.25) is 0 Å². The summed E-state index contributed by atoms with van der Waals surface area (Å²) in [5.41, 5.74) is 1.24. The molecule has 3 rings (SSSR count). The van der Waals surface area contributed by atoms with Crippen molar-refractivity contribution in [1.82, 2.24) is 14.7 Å². The number of morpholine rings is 1. The summed E-state index contributed by atoms with van der Waals surface area (Å²) in [4.78, 5) is 2.49. The summed E-state index contributed by atoms with van der Waals surface area (Å²) in [7, 11) is 0. The van der Waals surface area contributed by atoms with Gasteiger partial charge in [0.25, 0.3) is 0 Å². The van der Waals surface area contributed by atoms with E-state index in [1.165, 1.54) is 18.4 Å². The second-order valence-corrected chi connectivity index (χ2v) is 5.97. The van der Waals surface area contributed by atoms with Crippen molar-refractivity contribution >= 4 is 0 Å². The zero-order valence-electron chi connectivity index (χ0n) is 11.5. The average molecular weight is 249 g/mol. The standard InChI is InChI=1S/C14H23N3O/c1-10(2)16-7-11(3)18-14(9-16)12-6-15-17(8-12)13-4-5-13/h6,8,10-11,13-14H,4-5,7,9H2,1-3H3. The van der Waals surface area contributed by atoms with Crippen molar-refractivity contribution in [2.24, 2.45) is 0 Å². The van der Waals surface area contributed by atoms with Crippen molar-refractivity contribution in [1.29, 1.82) is 0 Å². The molecule has 0 radical (unpaired) electrons. The van der Waals surface area contributed by atoms with Crippen LogP contribution in [0.25, 0.3) is 0 Å². The van der Waals surface area contributed by atoms with E-state index in [9.17, 15) is 0 Å². The van der Waals surface area contributed by atoms with Crippen molar-refractivity contribution < 1.29 is 4.74 Å². The first kappa shape index (κ1) is 12.2. The van der Waals surface area contributed by atoms with Crippen LogP contribution in [0.15, 0.2) is 12.4 Å². The number of hydrogen-bond donors (Lipinski definition) is 0. The van der Waals surface area contributed by atoms with Gasteiger partial charge in [-0.15, -0.1) is 0 Å². The van der Waals surface area contributed by atoms with Crippen LogP contribution in [0, 0.1) is 0 Å². The summed E-state index contributed by atoms with van der Waals surface area (Å²) in [6.07, 6.45) is 7.21. The van der Waals surface area contributed by atoms with Gasteiger partial charge in [-0.2, -0.15) is 5.10 Å². The molecule has 1 aromatic rings. The highest BCUT2D eigenvalue weighted by Gasteiger charge is 2.30. The minimum absolute atomic E-state index is 0.184. The van der Waals surface area contributed by atoms with Crippen molar-refractivity contribution in [2.45, 2.75) is 57.9 Å². The SMILES string of the molecule is CC1CN(C(C)C)CC(c2cnn(C3CC3)c2)O1. The third-order valence-electron chi connectivity index (χ3n) is 3.93. The van der Waals surface area contributed by atoms with Crippen LogP contribution in [-0.2, 0) is 4.74 Å². The lowest BCUT2D eigenvalue weighted by atomic mass is 10.1. The molecule has 0 aromatic carbocycles. The molecule has 2 unspecified atom stereocenters. The molecule has 2 fully saturated rings. The fraction of sp³-hybridized carbons (Fsp3) is 0.786. The van der Waals surface area contributed by atoms with E-state index in [0.717, 1.165) is 13.1 Å². The number of rotatable bonds is 3. The molecule has 1 saturated heterocycles. The highest BCUT2D eigenvalue weighted by molar-refractivity contribution is 5.11. The molecule has 18 heavy (non-hydrogen) atoms. The van der Waals surface area contributed by atoms with Gasteiger partial charge in [-0.1, -0.05) is 0 Å². The normalized spacial score (nSPS) is 30.0. The van der Waals surface area contributed by atoms with E-state index in [2.05, 4.69) is 41.6 Å². The Morgan fingerprint density at radius 1 is 1.33 bits per heavy atom. The molecule has 1 aromatic heterocycles. The largest absolute Gasteiger partial charge is 0.368 e. The monoisotopic (exact) mass is 249 g/mol. The van der Waals surface area contributed by atoms with Gasteiger partial charge in [0.05, 0.1) is 24.4 Å². The Labute approximate surface area is 109 Å². The smallest absolute Gasteiger partial charge is 0.0986 e. The number of ether oxygens (including phenoxy) is 1. The van der Waals surface area contributed by atoms with Crippen molar-refractivity contribution in [2.75, 3.05) is 13.1 Å². The Morgan fingerprint density at radius 2 is 2.11 bits per heavy atom. The lowest BCUT2D eigenvalue weighted by Gasteiger charge is -2.38. The first-order chi connectivity index (χ1) is 8.63. The highest BCUT2D eigenvalue weighted by atomic mass is 16.5. The molecule has 2 atom stereocenters. The summed E-state index contributed by atoms with van der Waals surface area (Å²) in [6.45, 7) is 8.68.